The van der Waals surface area contributed by atoms with Gasteiger partial charge in [0.05, 0.1) is 11.1 Å². The standard InChI is InChI=1S/C34H24N2O3/c1-34(2)28-18-23(36(21-10-5-3-6-11-21)22-12-7-4-8-13-22)15-16-25(28)33-29(34)20-24(39-33)19-27-31(37)26-14-9-17-35-30(26)32(27)38/h3-20H,1-2H3/b27-19+. The van der Waals surface area contributed by atoms with Gasteiger partial charge in [-0.3, -0.25) is 14.6 Å². The van der Waals surface area contributed by atoms with Gasteiger partial charge in [-0.05, 0) is 72.3 Å². The number of aromatic nitrogens is 1. The van der Waals surface area contributed by atoms with Crippen molar-refractivity contribution in [2.45, 2.75) is 19.3 Å². The predicted octanol–water partition coefficient (Wildman–Crippen LogP) is 7.91. The van der Waals surface area contributed by atoms with E-state index >= 15 is 0 Å². The van der Waals surface area contributed by atoms with E-state index in [1.807, 2.05) is 42.5 Å². The van der Waals surface area contributed by atoms with Crippen LogP contribution in [0.15, 0.2) is 113 Å². The van der Waals surface area contributed by atoms with Crippen molar-refractivity contribution in [1.29, 1.82) is 0 Å². The fraction of sp³-hybridized carbons (Fsp3) is 0.0882. The first kappa shape index (κ1) is 23.1. The Labute approximate surface area is 226 Å². The number of hydrogen-bond acceptors (Lipinski definition) is 5. The molecule has 3 aromatic carbocycles. The van der Waals surface area contributed by atoms with Crippen molar-refractivity contribution in [3.8, 4) is 11.3 Å². The van der Waals surface area contributed by atoms with Crippen LogP contribution < -0.4 is 4.90 Å². The number of carbonyl (C=O) groups is 2. The molecule has 5 heteroatoms. The molecule has 0 aliphatic heterocycles. The van der Waals surface area contributed by atoms with Gasteiger partial charge in [0.25, 0.3) is 0 Å². The molecular weight excluding hydrogens is 484 g/mol. The number of ketones is 2. The maximum Gasteiger partial charge on any atom is 0.216 e. The molecule has 39 heavy (non-hydrogen) atoms. The summed E-state index contributed by atoms with van der Waals surface area (Å²) in [6, 6.07) is 32.3. The van der Waals surface area contributed by atoms with Gasteiger partial charge in [-0.1, -0.05) is 50.2 Å². The lowest BCUT2D eigenvalue weighted by molar-refractivity contribution is 0.0989. The van der Waals surface area contributed by atoms with Crippen LogP contribution in [-0.4, -0.2) is 16.6 Å². The van der Waals surface area contributed by atoms with E-state index in [2.05, 4.69) is 66.2 Å². The number of hydrogen-bond donors (Lipinski definition) is 0. The van der Waals surface area contributed by atoms with E-state index in [1.165, 1.54) is 6.20 Å². The van der Waals surface area contributed by atoms with Gasteiger partial charge in [0.1, 0.15) is 17.2 Å². The zero-order valence-electron chi connectivity index (χ0n) is 21.5. The number of anilines is 3. The molecule has 2 aliphatic carbocycles. The lowest BCUT2D eigenvalue weighted by Crippen LogP contribution is -2.16. The smallest absolute Gasteiger partial charge is 0.216 e. The third-order valence-electron chi connectivity index (χ3n) is 7.68. The monoisotopic (exact) mass is 508 g/mol. The van der Waals surface area contributed by atoms with E-state index in [-0.39, 0.29) is 28.2 Å². The highest BCUT2D eigenvalue weighted by atomic mass is 16.3. The summed E-state index contributed by atoms with van der Waals surface area (Å²) in [4.78, 5) is 32.1. The molecule has 0 atom stereocenters. The van der Waals surface area contributed by atoms with Crippen LogP contribution in [0.2, 0.25) is 0 Å². The van der Waals surface area contributed by atoms with Gasteiger partial charge in [-0.2, -0.15) is 0 Å². The first-order valence-corrected chi connectivity index (χ1v) is 12.9. The number of nitrogens with zero attached hydrogens (tertiary/aromatic N) is 2. The molecule has 2 aliphatic rings. The number of furan rings is 1. The second-order valence-corrected chi connectivity index (χ2v) is 10.4. The Hall–Kier alpha value is -5.03. The second kappa shape index (κ2) is 8.50. The molecular formula is C34H24N2O3. The number of pyridine rings is 1. The fourth-order valence-electron chi connectivity index (χ4n) is 5.70. The van der Waals surface area contributed by atoms with Crippen molar-refractivity contribution in [2.24, 2.45) is 0 Å². The third-order valence-corrected chi connectivity index (χ3v) is 7.68. The quantitative estimate of drug-likeness (QED) is 0.182. The van der Waals surface area contributed by atoms with Crippen molar-refractivity contribution < 1.29 is 14.0 Å². The normalized spacial score (nSPS) is 15.8. The van der Waals surface area contributed by atoms with Crippen LogP contribution >= 0.6 is 0 Å². The number of rotatable bonds is 4. The Balaban J connectivity index is 1.30. The summed E-state index contributed by atoms with van der Waals surface area (Å²) in [5.41, 5.74) is 6.70. The number of Topliss-reactive ketones (excluding diaryl/α,β-unsaturated/α-hetero) is 2. The molecule has 0 spiro atoms. The topological polar surface area (TPSA) is 63.4 Å². The van der Waals surface area contributed by atoms with Gasteiger partial charge in [-0.25, -0.2) is 0 Å². The van der Waals surface area contributed by atoms with E-state index < -0.39 is 0 Å². The molecule has 0 saturated carbocycles. The third kappa shape index (κ3) is 3.51. The minimum absolute atomic E-state index is 0.0888. The van der Waals surface area contributed by atoms with Gasteiger partial charge < -0.3 is 9.32 Å². The first-order chi connectivity index (χ1) is 18.9. The number of fused-ring (bicyclic) bond motifs is 4. The molecule has 5 aromatic rings. The number of allylic oxidation sites excluding steroid dienone is 1. The summed E-state index contributed by atoms with van der Waals surface area (Å²) >= 11 is 0. The Morgan fingerprint density at radius 1 is 0.718 bits per heavy atom. The molecule has 0 bridgehead atoms. The highest BCUT2D eigenvalue weighted by Crippen LogP contribution is 2.52. The van der Waals surface area contributed by atoms with E-state index in [4.69, 9.17) is 4.42 Å². The molecule has 2 heterocycles. The molecule has 2 aromatic heterocycles. The van der Waals surface area contributed by atoms with Crippen molar-refractivity contribution in [3.05, 3.63) is 137 Å². The summed E-state index contributed by atoms with van der Waals surface area (Å²) in [6.07, 6.45) is 3.08. The van der Waals surface area contributed by atoms with Gasteiger partial charge in [-0.15, -0.1) is 0 Å². The maximum atomic E-state index is 12.9. The summed E-state index contributed by atoms with van der Waals surface area (Å²) in [6.45, 7) is 4.35. The molecule has 188 valence electrons. The lowest BCUT2D eigenvalue weighted by Gasteiger charge is -2.27. The second-order valence-electron chi connectivity index (χ2n) is 10.4. The minimum atomic E-state index is -0.363. The predicted molar refractivity (Wildman–Crippen MR) is 152 cm³/mol. The molecule has 0 amide bonds. The van der Waals surface area contributed by atoms with Crippen LogP contribution in [0.3, 0.4) is 0 Å². The minimum Gasteiger partial charge on any atom is -0.456 e. The van der Waals surface area contributed by atoms with Gasteiger partial charge in [0, 0.05) is 39.8 Å². The lowest BCUT2D eigenvalue weighted by atomic mass is 9.82. The molecule has 0 unspecified atom stereocenters. The first-order valence-electron chi connectivity index (χ1n) is 12.9. The van der Waals surface area contributed by atoms with Crippen LogP contribution in [0.1, 0.15) is 51.6 Å². The molecule has 5 nitrogen and oxygen atoms in total. The summed E-state index contributed by atoms with van der Waals surface area (Å²) in [5, 5.41) is 0. The fourth-order valence-corrected chi connectivity index (χ4v) is 5.70. The maximum absolute atomic E-state index is 12.9. The number of para-hydroxylation sites is 2. The summed E-state index contributed by atoms with van der Waals surface area (Å²) in [7, 11) is 0. The Bertz CT molecular complexity index is 1740. The van der Waals surface area contributed by atoms with Crippen LogP contribution in [0.5, 0.6) is 0 Å². The summed E-state index contributed by atoms with van der Waals surface area (Å²) in [5.74, 6) is 0.583. The van der Waals surface area contributed by atoms with Crippen molar-refractivity contribution in [2.75, 3.05) is 4.90 Å². The highest BCUT2D eigenvalue weighted by molar-refractivity contribution is 6.40. The molecule has 0 fully saturated rings. The zero-order valence-corrected chi connectivity index (χ0v) is 21.5. The van der Waals surface area contributed by atoms with Crippen LogP contribution in [-0.2, 0) is 5.41 Å². The van der Waals surface area contributed by atoms with E-state index in [9.17, 15) is 9.59 Å². The van der Waals surface area contributed by atoms with Crippen molar-refractivity contribution in [1.82, 2.24) is 4.98 Å². The van der Waals surface area contributed by atoms with Crippen LogP contribution in [0.4, 0.5) is 17.1 Å². The van der Waals surface area contributed by atoms with Gasteiger partial charge >= 0.3 is 0 Å². The van der Waals surface area contributed by atoms with Gasteiger partial charge in [0.15, 0.2) is 5.78 Å². The Kier molecular flexibility index (Phi) is 5.04. The van der Waals surface area contributed by atoms with Crippen LogP contribution in [0.25, 0.3) is 17.4 Å². The van der Waals surface area contributed by atoms with Crippen molar-refractivity contribution in [3.63, 3.8) is 0 Å². The van der Waals surface area contributed by atoms with E-state index in [0.717, 1.165) is 39.5 Å². The zero-order chi connectivity index (χ0) is 26.7. The average Bonchev–Trinajstić information content (AvgIpc) is 3.56. The van der Waals surface area contributed by atoms with E-state index in [1.54, 1.807) is 18.2 Å². The average molecular weight is 509 g/mol. The largest absolute Gasteiger partial charge is 0.456 e. The van der Waals surface area contributed by atoms with Crippen molar-refractivity contribution >= 4 is 34.7 Å². The molecule has 0 saturated heterocycles. The number of carbonyl (C=O) groups excluding carboxylic acids is 2. The summed E-state index contributed by atoms with van der Waals surface area (Å²) < 4.78 is 6.30. The Morgan fingerprint density at radius 2 is 1.41 bits per heavy atom. The number of benzene rings is 3. The highest BCUT2D eigenvalue weighted by Gasteiger charge is 2.40. The molecule has 7 rings (SSSR count). The SMILES string of the molecule is CC1(C)c2cc(N(c3ccccc3)c3ccccc3)ccc2-c2oc(/C=C3\C(=O)c4cccnc4C3=O)cc21. The molecule has 0 N–H and O–H groups in total. The molecule has 0 radical (unpaired) electrons. The van der Waals surface area contributed by atoms with Gasteiger partial charge in [0.2, 0.25) is 5.78 Å². The Morgan fingerprint density at radius 3 is 2.08 bits per heavy atom. The van der Waals surface area contributed by atoms with Crippen LogP contribution in [0, 0.1) is 0 Å². The van der Waals surface area contributed by atoms with E-state index in [0.29, 0.717) is 11.3 Å².